The number of hydrogen-bond acceptors (Lipinski definition) is 1. The first-order valence-corrected chi connectivity index (χ1v) is 5.39. The van der Waals surface area contributed by atoms with Gasteiger partial charge in [-0.2, -0.15) is 0 Å². The fraction of sp³-hybridized carbons (Fsp3) is 0.750. The molecule has 2 nitrogen and oxygen atoms in total. The summed E-state index contributed by atoms with van der Waals surface area (Å²) in [5.74, 6) is -0.0895. The quantitative estimate of drug-likeness (QED) is 0.752. The highest BCUT2D eigenvalue weighted by molar-refractivity contribution is 5.86. The summed E-state index contributed by atoms with van der Waals surface area (Å²) in [5.41, 5.74) is 0.953. The third-order valence-electron chi connectivity index (χ3n) is 3.70. The Bertz CT molecular complexity index is 251. The monoisotopic (exact) mass is 196 g/mol. The summed E-state index contributed by atoms with van der Waals surface area (Å²) in [6, 6.07) is 0. The lowest BCUT2D eigenvalue weighted by Gasteiger charge is -2.35. The average Bonchev–Trinajstić information content (AvgIpc) is 2.18. The summed E-state index contributed by atoms with van der Waals surface area (Å²) in [5, 5.41) is 8.82. The molecular weight excluding hydrogens is 176 g/mol. The van der Waals surface area contributed by atoms with Crippen LogP contribution in [0.3, 0.4) is 0 Å². The van der Waals surface area contributed by atoms with Gasteiger partial charge in [0.05, 0.1) is 0 Å². The zero-order valence-corrected chi connectivity index (χ0v) is 9.34. The van der Waals surface area contributed by atoms with Crippen LogP contribution in [-0.4, -0.2) is 11.1 Å². The van der Waals surface area contributed by atoms with E-state index in [1.807, 2.05) is 6.08 Å². The van der Waals surface area contributed by atoms with Gasteiger partial charge in [0.25, 0.3) is 0 Å². The maximum Gasteiger partial charge on any atom is 0.331 e. The van der Waals surface area contributed by atoms with Crippen molar-refractivity contribution in [2.75, 3.05) is 0 Å². The van der Waals surface area contributed by atoms with Gasteiger partial charge in [0.2, 0.25) is 0 Å². The van der Waals surface area contributed by atoms with Crippen LogP contribution in [0.15, 0.2) is 11.6 Å². The molecule has 0 saturated carbocycles. The lowest BCUT2D eigenvalue weighted by molar-refractivity contribution is -0.133. The first-order chi connectivity index (χ1) is 6.47. The Balaban J connectivity index is 2.63. The molecule has 0 spiro atoms. The van der Waals surface area contributed by atoms with E-state index in [9.17, 15) is 4.79 Å². The summed E-state index contributed by atoms with van der Waals surface area (Å²) in [4.78, 5) is 10.7. The molecule has 80 valence electrons. The van der Waals surface area contributed by atoms with E-state index in [-0.39, 0.29) is 0 Å². The summed E-state index contributed by atoms with van der Waals surface area (Å²) in [6.45, 7) is 6.75. The van der Waals surface area contributed by atoms with Crippen LogP contribution in [0.2, 0.25) is 0 Å². The Morgan fingerprint density at radius 2 is 2.29 bits per heavy atom. The molecule has 2 heteroatoms. The predicted octanol–water partition coefficient (Wildman–Crippen LogP) is 3.23. The molecule has 1 N–H and O–H groups in total. The molecule has 0 heterocycles. The fourth-order valence-electron chi connectivity index (χ4n) is 2.03. The molecule has 0 aromatic rings. The minimum absolute atomic E-state index is 0.348. The number of aliphatic carboxylic acids is 1. The molecule has 0 saturated heterocycles. The standard InChI is InChI=1S/C12H20O2/c1-4-12(2,3)10-7-5-9(6-8-10)11(13)14/h5,10H,4,6-8H2,1-3H3,(H,13,14). The normalized spacial score (nSPS) is 23.1. The smallest absolute Gasteiger partial charge is 0.331 e. The second-order valence-corrected chi connectivity index (χ2v) is 4.85. The van der Waals surface area contributed by atoms with Gasteiger partial charge in [-0.15, -0.1) is 0 Å². The van der Waals surface area contributed by atoms with E-state index in [1.54, 1.807) is 0 Å². The van der Waals surface area contributed by atoms with E-state index in [2.05, 4.69) is 20.8 Å². The highest BCUT2D eigenvalue weighted by Crippen LogP contribution is 2.39. The lowest BCUT2D eigenvalue weighted by atomic mass is 9.70. The SMILES string of the molecule is CCC(C)(C)C1CC=C(C(=O)O)CC1. The van der Waals surface area contributed by atoms with Gasteiger partial charge in [-0.25, -0.2) is 4.79 Å². The van der Waals surface area contributed by atoms with Crippen LogP contribution in [0.25, 0.3) is 0 Å². The predicted molar refractivity (Wildman–Crippen MR) is 57.1 cm³/mol. The van der Waals surface area contributed by atoms with Crippen molar-refractivity contribution in [3.05, 3.63) is 11.6 Å². The van der Waals surface area contributed by atoms with E-state index in [0.717, 1.165) is 25.7 Å². The van der Waals surface area contributed by atoms with Gasteiger partial charge in [0, 0.05) is 5.57 Å². The Morgan fingerprint density at radius 1 is 1.64 bits per heavy atom. The van der Waals surface area contributed by atoms with E-state index in [4.69, 9.17) is 5.11 Å². The number of rotatable bonds is 3. The van der Waals surface area contributed by atoms with Crippen LogP contribution in [0.4, 0.5) is 0 Å². The molecule has 1 aliphatic rings. The molecule has 1 aliphatic carbocycles. The van der Waals surface area contributed by atoms with Crippen molar-refractivity contribution in [1.82, 2.24) is 0 Å². The summed E-state index contributed by atoms with van der Waals surface area (Å²) in [7, 11) is 0. The first kappa shape index (κ1) is 11.3. The molecular formula is C12H20O2. The van der Waals surface area contributed by atoms with Crippen LogP contribution in [0.1, 0.15) is 46.5 Å². The van der Waals surface area contributed by atoms with E-state index < -0.39 is 5.97 Å². The van der Waals surface area contributed by atoms with Crippen molar-refractivity contribution in [1.29, 1.82) is 0 Å². The Labute approximate surface area is 86.0 Å². The molecule has 0 radical (unpaired) electrons. The van der Waals surface area contributed by atoms with E-state index in [1.165, 1.54) is 0 Å². The van der Waals surface area contributed by atoms with Crippen LogP contribution in [-0.2, 0) is 4.79 Å². The Kier molecular flexibility index (Phi) is 3.35. The minimum atomic E-state index is -0.738. The minimum Gasteiger partial charge on any atom is -0.478 e. The maximum absolute atomic E-state index is 10.7. The summed E-state index contributed by atoms with van der Waals surface area (Å²) in [6.07, 6.45) is 5.77. The zero-order chi connectivity index (χ0) is 10.8. The van der Waals surface area contributed by atoms with Crippen LogP contribution in [0, 0.1) is 11.3 Å². The van der Waals surface area contributed by atoms with Gasteiger partial charge in [-0.05, 0) is 30.6 Å². The van der Waals surface area contributed by atoms with Crippen molar-refractivity contribution >= 4 is 5.97 Å². The summed E-state index contributed by atoms with van der Waals surface area (Å²) >= 11 is 0. The third kappa shape index (κ3) is 2.37. The average molecular weight is 196 g/mol. The van der Waals surface area contributed by atoms with Gasteiger partial charge in [-0.1, -0.05) is 33.3 Å². The molecule has 0 fully saturated rings. The molecule has 1 atom stereocenters. The zero-order valence-electron chi connectivity index (χ0n) is 9.34. The molecule has 0 aliphatic heterocycles. The van der Waals surface area contributed by atoms with Gasteiger partial charge in [0.1, 0.15) is 0 Å². The van der Waals surface area contributed by atoms with Gasteiger partial charge < -0.3 is 5.11 Å². The van der Waals surface area contributed by atoms with Crippen molar-refractivity contribution in [2.24, 2.45) is 11.3 Å². The lowest BCUT2D eigenvalue weighted by Crippen LogP contribution is -2.25. The molecule has 14 heavy (non-hydrogen) atoms. The number of allylic oxidation sites excluding steroid dienone is 1. The second kappa shape index (κ2) is 4.16. The van der Waals surface area contributed by atoms with Crippen LogP contribution < -0.4 is 0 Å². The Morgan fingerprint density at radius 3 is 2.64 bits per heavy atom. The fourth-order valence-corrected chi connectivity index (χ4v) is 2.03. The Hall–Kier alpha value is -0.790. The third-order valence-corrected chi connectivity index (χ3v) is 3.70. The molecule has 0 aromatic carbocycles. The molecule has 0 bridgehead atoms. The highest BCUT2D eigenvalue weighted by Gasteiger charge is 2.29. The van der Waals surface area contributed by atoms with Crippen molar-refractivity contribution in [3.63, 3.8) is 0 Å². The van der Waals surface area contributed by atoms with E-state index >= 15 is 0 Å². The number of carboxylic acids is 1. The summed E-state index contributed by atoms with van der Waals surface area (Å²) < 4.78 is 0. The number of carboxylic acid groups (broad SMARTS) is 1. The molecule has 0 aromatic heterocycles. The maximum atomic E-state index is 10.7. The first-order valence-electron chi connectivity index (χ1n) is 5.39. The molecule has 1 rings (SSSR count). The molecule has 0 amide bonds. The van der Waals surface area contributed by atoms with E-state index in [0.29, 0.717) is 16.9 Å². The van der Waals surface area contributed by atoms with Crippen molar-refractivity contribution in [2.45, 2.75) is 46.5 Å². The second-order valence-electron chi connectivity index (χ2n) is 4.85. The topological polar surface area (TPSA) is 37.3 Å². The van der Waals surface area contributed by atoms with Gasteiger partial charge in [0.15, 0.2) is 0 Å². The number of carbonyl (C=O) groups is 1. The van der Waals surface area contributed by atoms with Gasteiger partial charge >= 0.3 is 5.97 Å². The van der Waals surface area contributed by atoms with Crippen molar-refractivity contribution in [3.8, 4) is 0 Å². The van der Waals surface area contributed by atoms with Gasteiger partial charge in [-0.3, -0.25) is 0 Å². The highest BCUT2D eigenvalue weighted by atomic mass is 16.4. The van der Waals surface area contributed by atoms with Crippen molar-refractivity contribution < 1.29 is 9.90 Å². The molecule has 1 unspecified atom stereocenters. The largest absolute Gasteiger partial charge is 0.478 e. The van der Waals surface area contributed by atoms with Crippen LogP contribution >= 0.6 is 0 Å². The number of hydrogen-bond donors (Lipinski definition) is 1. The van der Waals surface area contributed by atoms with Crippen LogP contribution in [0.5, 0.6) is 0 Å².